The molecule has 1 saturated carbocycles. The highest BCUT2D eigenvalue weighted by molar-refractivity contribution is 6.31. The molecule has 1 aliphatic carbocycles. The van der Waals surface area contributed by atoms with Crippen LogP contribution in [0.4, 0.5) is 19.0 Å². The molecule has 2 aromatic heterocycles. The third-order valence-corrected chi connectivity index (χ3v) is 4.89. The molecule has 1 atom stereocenters. The standard InChI is InChI=1S/C17H14ClF3N4O/c18-8-3-4-9-11(5-8)24-13-10(15(22)26)6-23-16(12(9)13)25-14(7-1-2-7)17(19,20)21/h3-7,14,24H,1-2H2,(H2,22,26)(H,23,25)/p+1/t14-/m1/s1. The summed E-state index contributed by atoms with van der Waals surface area (Å²) in [6, 6.07) is 3.33. The topological polar surface area (TPSA) is 85.1 Å². The first-order valence-corrected chi connectivity index (χ1v) is 8.42. The third kappa shape index (κ3) is 2.84. The quantitative estimate of drug-likeness (QED) is 0.642. The Kier molecular flexibility index (Phi) is 3.76. The number of fused-ring (bicyclic) bond motifs is 3. The third-order valence-electron chi connectivity index (χ3n) is 4.65. The Morgan fingerprint density at radius 3 is 2.73 bits per heavy atom. The molecular weight excluding hydrogens is 369 g/mol. The molecule has 9 heteroatoms. The number of hydrogen-bond acceptors (Lipinski definition) is 2. The van der Waals surface area contributed by atoms with Crippen LogP contribution in [0.1, 0.15) is 23.2 Å². The van der Waals surface area contributed by atoms with Crippen molar-refractivity contribution in [1.82, 2.24) is 4.98 Å². The average Bonchev–Trinajstić information content (AvgIpc) is 3.30. The number of primary amides is 1. The van der Waals surface area contributed by atoms with Gasteiger partial charge in [-0.25, -0.2) is 4.98 Å². The maximum Gasteiger partial charge on any atom is 0.428 e. The number of hydrogen-bond donors (Lipinski definition) is 3. The van der Waals surface area contributed by atoms with Crippen molar-refractivity contribution in [3.05, 3.63) is 35.0 Å². The first-order valence-electron chi connectivity index (χ1n) is 8.04. The fourth-order valence-electron chi connectivity index (χ4n) is 3.28. The van der Waals surface area contributed by atoms with Crippen molar-refractivity contribution in [3.8, 4) is 0 Å². The van der Waals surface area contributed by atoms with E-state index in [1.54, 1.807) is 18.2 Å². The van der Waals surface area contributed by atoms with Gasteiger partial charge in [0.15, 0.2) is 6.04 Å². The Balaban J connectivity index is 1.93. The molecule has 1 aromatic carbocycles. The van der Waals surface area contributed by atoms with Crippen LogP contribution in [0.25, 0.3) is 21.8 Å². The van der Waals surface area contributed by atoms with Crippen LogP contribution in [0.5, 0.6) is 0 Å². The van der Waals surface area contributed by atoms with E-state index in [1.165, 1.54) is 6.20 Å². The van der Waals surface area contributed by atoms with E-state index in [0.29, 0.717) is 39.7 Å². The normalized spacial score (nSPS) is 16.2. The van der Waals surface area contributed by atoms with Crippen molar-refractivity contribution < 1.29 is 22.9 Å². The molecule has 0 aliphatic heterocycles. The Labute approximate surface area is 150 Å². The van der Waals surface area contributed by atoms with E-state index >= 15 is 0 Å². The first kappa shape index (κ1) is 17.0. The summed E-state index contributed by atoms with van der Waals surface area (Å²) in [5, 5.41) is 4.15. The molecule has 5 N–H and O–H groups in total. The Bertz CT molecular complexity index is 1030. The smallest absolute Gasteiger partial charge is 0.365 e. The fraction of sp³-hybridized carbons (Fsp3) is 0.294. The zero-order valence-corrected chi connectivity index (χ0v) is 14.1. The molecule has 136 valence electrons. The molecule has 0 saturated heterocycles. The number of halogens is 4. The van der Waals surface area contributed by atoms with Crippen LogP contribution in [0.15, 0.2) is 24.4 Å². The fourth-order valence-corrected chi connectivity index (χ4v) is 3.45. The number of nitrogens with one attached hydrogen (secondary N) is 3. The highest BCUT2D eigenvalue weighted by Gasteiger charge is 2.52. The van der Waals surface area contributed by atoms with E-state index in [1.807, 2.05) is 0 Å². The van der Waals surface area contributed by atoms with Crippen LogP contribution in [0, 0.1) is 5.92 Å². The van der Waals surface area contributed by atoms with E-state index in [2.05, 4.69) is 15.3 Å². The lowest BCUT2D eigenvalue weighted by Gasteiger charge is -2.17. The highest BCUT2D eigenvalue weighted by atomic mass is 35.5. The van der Waals surface area contributed by atoms with Gasteiger partial charge in [-0.2, -0.15) is 13.2 Å². The Hall–Kier alpha value is -2.48. The number of anilines is 1. The summed E-state index contributed by atoms with van der Waals surface area (Å²) in [7, 11) is 0. The summed E-state index contributed by atoms with van der Waals surface area (Å²) < 4.78 is 40.3. The number of aromatic amines is 2. The molecule has 1 fully saturated rings. The van der Waals surface area contributed by atoms with Gasteiger partial charge in [-0.15, -0.1) is 0 Å². The minimum absolute atomic E-state index is 0.160. The summed E-state index contributed by atoms with van der Waals surface area (Å²) in [5.74, 6) is -0.952. The summed E-state index contributed by atoms with van der Waals surface area (Å²) in [5.41, 5.74) is 6.54. The first-order chi connectivity index (χ1) is 12.3. The second-order valence-electron chi connectivity index (χ2n) is 6.51. The van der Waals surface area contributed by atoms with E-state index in [9.17, 15) is 18.0 Å². The second-order valence-corrected chi connectivity index (χ2v) is 6.94. The Morgan fingerprint density at radius 1 is 1.38 bits per heavy atom. The summed E-state index contributed by atoms with van der Waals surface area (Å²) in [6.45, 7) is 0. The van der Waals surface area contributed by atoms with Crippen molar-refractivity contribution in [2.75, 3.05) is 5.32 Å². The molecule has 1 aliphatic rings. The second kappa shape index (κ2) is 5.77. The van der Waals surface area contributed by atoms with E-state index in [0.717, 1.165) is 0 Å². The van der Waals surface area contributed by atoms with Gasteiger partial charge in [0.2, 0.25) is 0 Å². The molecular formula is C17H15ClF3N4O+. The summed E-state index contributed by atoms with van der Waals surface area (Å²) in [6.07, 6.45) is -2.00. The van der Waals surface area contributed by atoms with E-state index in [-0.39, 0.29) is 11.4 Å². The van der Waals surface area contributed by atoms with Crippen molar-refractivity contribution in [2.24, 2.45) is 11.7 Å². The molecule has 0 radical (unpaired) electrons. The molecule has 5 nitrogen and oxygen atoms in total. The molecule has 4 rings (SSSR count). The van der Waals surface area contributed by atoms with Crippen LogP contribution in [0.3, 0.4) is 0 Å². The van der Waals surface area contributed by atoms with Gasteiger partial charge in [-0.05, 0) is 25.0 Å². The lowest BCUT2D eigenvalue weighted by molar-refractivity contribution is -0.360. The van der Waals surface area contributed by atoms with Gasteiger partial charge in [0, 0.05) is 21.8 Å². The minimum atomic E-state index is -4.38. The van der Waals surface area contributed by atoms with Crippen LogP contribution in [0.2, 0.25) is 5.02 Å². The molecule has 1 amide bonds. The number of rotatable bonds is 4. The van der Waals surface area contributed by atoms with Gasteiger partial charge in [-0.1, -0.05) is 17.7 Å². The van der Waals surface area contributed by atoms with Crippen LogP contribution in [-0.2, 0) is 0 Å². The lowest BCUT2D eigenvalue weighted by Crippen LogP contribution is -2.40. The molecule has 0 bridgehead atoms. The van der Waals surface area contributed by atoms with Gasteiger partial charge in [-0.3, -0.25) is 10.1 Å². The maximum absolute atomic E-state index is 13.4. The van der Waals surface area contributed by atoms with Gasteiger partial charge >= 0.3 is 6.18 Å². The summed E-state index contributed by atoms with van der Waals surface area (Å²) >= 11 is 6.00. The SMILES string of the molecule is NC(=O)c1c[nH+]c(N[C@H](C2CC2)C(F)(F)F)c2c1[nH]c1cc(Cl)ccc12. The van der Waals surface area contributed by atoms with Gasteiger partial charge in [0.05, 0.1) is 10.9 Å². The molecule has 0 unspecified atom stereocenters. The van der Waals surface area contributed by atoms with E-state index in [4.69, 9.17) is 17.3 Å². The van der Waals surface area contributed by atoms with Gasteiger partial charge < -0.3 is 10.7 Å². The van der Waals surface area contributed by atoms with Crippen LogP contribution in [-0.4, -0.2) is 23.1 Å². The molecule has 2 heterocycles. The maximum atomic E-state index is 13.4. The zero-order chi connectivity index (χ0) is 18.6. The van der Waals surface area contributed by atoms with Crippen molar-refractivity contribution in [3.63, 3.8) is 0 Å². The Morgan fingerprint density at radius 2 is 2.12 bits per heavy atom. The van der Waals surface area contributed by atoms with Crippen LogP contribution >= 0.6 is 11.6 Å². The van der Waals surface area contributed by atoms with E-state index < -0.39 is 24.0 Å². The number of carbonyl (C=O) groups is 1. The average molecular weight is 384 g/mol. The predicted octanol–water partition coefficient (Wildman–Crippen LogP) is 3.64. The number of alkyl halides is 3. The largest absolute Gasteiger partial charge is 0.428 e. The number of H-pyrrole nitrogens is 2. The predicted molar refractivity (Wildman–Crippen MR) is 92.1 cm³/mol. The highest BCUT2D eigenvalue weighted by Crippen LogP contribution is 2.42. The summed E-state index contributed by atoms with van der Waals surface area (Å²) in [4.78, 5) is 17.5. The molecule has 0 spiro atoms. The lowest BCUT2D eigenvalue weighted by atomic mass is 10.1. The van der Waals surface area contributed by atoms with Crippen LogP contribution < -0.4 is 16.0 Å². The number of nitrogens with two attached hydrogens (primary N) is 1. The molecule has 3 aromatic rings. The number of aromatic nitrogens is 2. The van der Waals surface area contributed by atoms with Crippen molar-refractivity contribution in [1.29, 1.82) is 0 Å². The number of amides is 1. The number of pyridine rings is 1. The molecule has 26 heavy (non-hydrogen) atoms. The number of benzene rings is 1. The minimum Gasteiger partial charge on any atom is -0.365 e. The number of carbonyl (C=O) groups excluding carboxylic acids is 1. The zero-order valence-electron chi connectivity index (χ0n) is 13.4. The van der Waals surface area contributed by atoms with Crippen molar-refractivity contribution in [2.45, 2.75) is 25.1 Å². The van der Waals surface area contributed by atoms with Gasteiger partial charge in [0.1, 0.15) is 11.8 Å². The van der Waals surface area contributed by atoms with Crippen molar-refractivity contribution >= 4 is 45.1 Å². The van der Waals surface area contributed by atoms with Gasteiger partial charge in [0.25, 0.3) is 11.7 Å². The monoisotopic (exact) mass is 383 g/mol.